The zero-order valence-electron chi connectivity index (χ0n) is 6.25. The molecule has 2 heteroatoms. The van der Waals surface area contributed by atoms with E-state index in [9.17, 15) is 5.21 Å². The monoisotopic (exact) mass is 140 g/mol. The fourth-order valence-corrected chi connectivity index (χ4v) is 2.40. The molecule has 0 aromatic rings. The maximum absolute atomic E-state index is 10.9. The largest absolute Gasteiger partial charge is 0.785 e. The molecule has 2 nitrogen and oxygen atoms in total. The summed E-state index contributed by atoms with van der Waals surface area (Å²) in [5.74, 6) is 1.66. The molecule has 2 unspecified atom stereocenters. The highest BCUT2D eigenvalue weighted by atomic mass is 16.5. The van der Waals surface area contributed by atoms with Crippen LogP contribution in [0.5, 0.6) is 0 Å². The number of hydroxylamine groups is 2. The predicted molar refractivity (Wildman–Crippen MR) is 40.4 cm³/mol. The van der Waals surface area contributed by atoms with Gasteiger partial charge < -0.3 is 10.3 Å². The Morgan fingerprint density at radius 1 is 1.10 bits per heavy atom. The molecule has 10 heavy (non-hydrogen) atoms. The summed E-state index contributed by atoms with van der Waals surface area (Å²) in [5, 5.41) is 12.2. The van der Waals surface area contributed by atoms with Crippen LogP contribution in [-0.2, 0) is 0 Å². The quantitative estimate of drug-likeness (QED) is 0.511. The van der Waals surface area contributed by atoms with E-state index in [4.69, 9.17) is 0 Å². The number of hydrogen-bond donors (Lipinski definition) is 0. The van der Waals surface area contributed by atoms with E-state index in [-0.39, 0.29) is 0 Å². The van der Waals surface area contributed by atoms with Crippen molar-refractivity contribution in [2.24, 2.45) is 11.8 Å². The lowest BCUT2D eigenvalue weighted by atomic mass is 9.90. The summed E-state index contributed by atoms with van der Waals surface area (Å²) < 4.78 is 0. The highest BCUT2D eigenvalue weighted by Crippen LogP contribution is 2.37. The summed E-state index contributed by atoms with van der Waals surface area (Å²) in [7, 11) is 0. The number of piperidine rings is 1. The highest BCUT2D eigenvalue weighted by molar-refractivity contribution is 4.84. The summed E-state index contributed by atoms with van der Waals surface area (Å²) in [4.78, 5) is 0. The van der Waals surface area contributed by atoms with Gasteiger partial charge in [-0.25, -0.2) is 0 Å². The van der Waals surface area contributed by atoms with Crippen molar-refractivity contribution in [2.45, 2.75) is 25.7 Å². The molecule has 2 rings (SSSR count). The van der Waals surface area contributed by atoms with Crippen LogP contribution in [0, 0.1) is 17.0 Å². The third-order valence-corrected chi connectivity index (χ3v) is 3.00. The molecule has 1 heterocycles. The highest BCUT2D eigenvalue weighted by Gasteiger charge is 2.29. The van der Waals surface area contributed by atoms with Gasteiger partial charge in [0.05, 0.1) is 0 Å². The molecule has 1 aliphatic carbocycles. The second-order valence-electron chi connectivity index (χ2n) is 3.63. The maximum Gasteiger partial charge on any atom is -0.0113 e. The van der Waals surface area contributed by atoms with E-state index >= 15 is 0 Å². The molecule has 0 N–H and O–H groups in total. The molecule has 2 aliphatic rings. The van der Waals surface area contributed by atoms with Crippen molar-refractivity contribution in [3.05, 3.63) is 5.21 Å². The summed E-state index contributed by atoms with van der Waals surface area (Å²) >= 11 is 0. The van der Waals surface area contributed by atoms with E-state index in [0.29, 0.717) is 0 Å². The van der Waals surface area contributed by atoms with E-state index in [1.54, 1.807) is 0 Å². The molecule has 2 atom stereocenters. The lowest BCUT2D eigenvalue weighted by Gasteiger charge is -2.39. The Hall–Kier alpha value is -0.0800. The molecule has 0 aromatic carbocycles. The number of rotatable bonds is 0. The summed E-state index contributed by atoms with van der Waals surface area (Å²) in [6.45, 7) is 1.62. The van der Waals surface area contributed by atoms with Gasteiger partial charge in [0.1, 0.15) is 0 Å². The van der Waals surface area contributed by atoms with E-state index in [2.05, 4.69) is 0 Å². The number of fused-ring (bicyclic) bond motifs is 1. The smallest absolute Gasteiger partial charge is 0.0113 e. The topological polar surface area (TPSA) is 26.3 Å². The Morgan fingerprint density at radius 2 is 1.90 bits per heavy atom. The van der Waals surface area contributed by atoms with E-state index in [0.717, 1.165) is 31.3 Å². The van der Waals surface area contributed by atoms with Gasteiger partial charge in [-0.2, -0.15) is 0 Å². The van der Waals surface area contributed by atoms with Crippen molar-refractivity contribution < 1.29 is 0 Å². The van der Waals surface area contributed by atoms with E-state index in [1.165, 1.54) is 24.3 Å². The average molecular weight is 140 g/mol. The van der Waals surface area contributed by atoms with Gasteiger partial charge in [0.2, 0.25) is 0 Å². The molecule has 2 fully saturated rings. The van der Waals surface area contributed by atoms with Crippen LogP contribution in [0.3, 0.4) is 0 Å². The van der Waals surface area contributed by atoms with Crippen molar-refractivity contribution >= 4 is 0 Å². The Bertz CT molecular complexity index is 126. The zero-order chi connectivity index (χ0) is 6.97. The van der Waals surface area contributed by atoms with Crippen LogP contribution in [0.25, 0.3) is 0 Å². The first-order valence-corrected chi connectivity index (χ1v) is 4.28. The SMILES string of the molecule is [O-]N1CCC2CCCC2C1. The van der Waals surface area contributed by atoms with Crippen molar-refractivity contribution in [1.29, 1.82) is 0 Å². The molecule has 0 spiro atoms. The Labute approximate surface area is 61.8 Å². The fraction of sp³-hybridized carbons (Fsp3) is 1.00. The second-order valence-corrected chi connectivity index (χ2v) is 3.63. The van der Waals surface area contributed by atoms with Gasteiger partial charge in [0, 0.05) is 0 Å². The zero-order valence-corrected chi connectivity index (χ0v) is 6.25. The Kier molecular flexibility index (Phi) is 1.66. The first-order valence-electron chi connectivity index (χ1n) is 4.28. The van der Waals surface area contributed by atoms with Crippen LogP contribution in [0.4, 0.5) is 0 Å². The third kappa shape index (κ3) is 1.06. The van der Waals surface area contributed by atoms with Crippen molar-refractivity contribution in [2.75, 3.05) is 13.1 Å². The molecule has 58 valence electrons. The van der Waals surface area contributed by atoms with Gasteiger partial charge in [-0.15, -0.1) is 0 Å². The third-order valence-electron chi connectivity index (χ3n) is 3.00. The lowest BCUT2D eigenvalue weighted by molar-refractivity contribution is 0.186. The molecule has 1 saturated heterocycles. The van der Waals surface area contributed by atoms with Crippen LogP contribution in [0.1, 0.15) is 25.7 Å². The van der Waals surface area contributed by atoms with Crippen LogP contribution in [-0.4, -0.2) is 18.2 Å². The lowest BCUT2D eigenvalue weighted by Crippen LogP contribution is -2.34. The van der Waals surface area contributed by atoms with Gasteiger partial charge in [0.15, 0.2) is 0 Å². The van der Waals surface area contributed by atoms with Crippen LogP contribution >= 0.6 is 0 Å². The van der Waals surface area contributed by atoms with E-state index < -0.39 is 0 Å². The van der Waals surface area contributed by atoms with Gasteiger partial charge >= 0.3 is 0 Å². The molecule has 0 radical (unpaired) electrons. The average Bonchev–Trinajstić information content (AvgIpc) is 2.33. The number of hydrogen-bond acceptors (Lipinski definition) is 2. The molecule has 1 aliphatic heterocycles. The predicted octanol–water partition coefficient (Wildman–Crippen LogP) is 1.61. The maximum atomic E-state index is 10.9. The Morgan fingerprint density at radius 3 is 2.80 bits per heavy atom. The minimum atomic E-state index is 0.756. The van der Waals surface area contributed by atoms with Crippen molar-refractivity contribution in [1.82, 2.24) is 5.06 Å². The summed E-state index contributed by atoms with van der Waals surface area (Å²) in [6, 6.07) is 0. The second kappa shape index (κ2) is 2.51. The van der Waals surface area contributed by atoms with Gasteiger partial charge in [0.25, 0.3) is 0 Å². The van der Waals surface area contributed by atoms with Crippen LogP contribution < -0.4 is 0 Å². The molecule has 0 aromatic heterocycles. The van der Waals surface area contributed by atoms with E-state index in [1.807, 2.05) is 0 Å². The van der Waals surface area contributed by atoms with Gasteiger partial charge in [-0.05, 0) is 37.8 Å². The molecule has 0 bridgehead atoms. The molecular weight excluding hydrogens is 126 g/mol. The van der Waals surface area contributed by atoms with Gasteiger partial charge in [-0.3, -0.25) is 0 Å². The summed E-state index contributed by atoms with van der Waals surface area (Å²) in [6.07, 6.45) is 5.22. The van der Waals surface area contributed by atoms with Crippen molar-refractivity contribution in [3.63, 3.8) is 0 Å². The van der Waals surface area contributed by atoms with Crippen LogP contribution in [0.2, 0.25) is 0 Å². The molecular formula is C8H14NO-. The number of nitrogens with zero attached hydrogens (tertiary/aromatic N) is 1. The first-order chi connectivity index (χ1) is 4.86. The van der Waals surface area contributed by atoms with Gasteiger partial charge in [-0.1, -0.05) is 12.8 Å². The normalized spacial score (nSPS) is 41.7. The van der Waals surface area contributed by atoms with Crippen molar-refractivity contribution in [3.8, 4) is 0 Å². The minimum absolute atomic E-state index is 0.756. The minimum Gasteiger partial charge on any atom is -0.785 e. The molecule has 0 amide bonds. The fourth-order valence-electron chi connectivity index (χ4n) is 2.40. The summed E-state index contributed by atoms with van der Waals surface area (Å²) in [5.41, 5.74) is 0. The first kappa shape index (κ1) is 6.62. The standard InChI is InChI=1S/C8H14NO/c10-9-5-4-7-2-1-3-8(7)6-9/h7-8H,1-6H2/q-1. The van der Waals surface area contributed by atoms with Crippen LogP contribution in [0.15, 0.2) is 0 Å². The molecule has 1 saturated carbocycles. The Balaban J connectivity index is 1.96.